The fourth-order valence-electron chi connectivity index (χ4n) is 10.0. The van der Waals surface area contributed by atoms with Gasteiger partial charge in [0.25, 0.3) is 0 Å². The van der Waals surface area contributed by atoms with Crippen LogP contribution >= 0.6 is 11.3 Å². The molecule has 1 aromatic heterocycles. The highest BCUT2D eigenvalue weighted by Crippen LogP contribution is 2.57. The van der Waals surface area contributed by atoms with Crippen molar-refractivity contribution in [2.24, 2.45) is 0 Å². The van der Waals surface area contributed by atoms with Crippen molar-refractivity contribution >= 4 is 48.6 Å². The second kappa shape index (κ2) is 13.5. The molecule has 2 aliphatic rings. The molecule has 0 aliphatic heterocycles. The molecule has 11 rings (SSSR count). The molecule has 0 bridgehead atoms. The lowest BCUT2D eigenvalue weighted by Gasteiger charge is -2.37. The van der Waals surface area contributed by atoms with Gasteiger partial charge in [0, 0.05) is 32.1 Å². The number of anilines is 3. The van der Waals surface area contributed by atoms with Gasteiger partial charge < -0.3 is 4.90 Å². The topological polar surface area (TPSA) is 3.24 Å². The number of hydrogen-bond donors (Lipinski definition) is 0. The molecule has 1 nitrogen and oxygen atoms in total. The average Bonchev–Trinajstić information content (AvgIpc) is 3.78. The molecule has 1 spiro atoms. The van der Waals surface area contributed by atoms with Gasteiger partial charge in [0.2, 0.25) is 0 Å². The standard InChI is InChI=1S/C54H41NS/c1-3-18-37(19-4-1)39-20-5-6-21-40(39)41-22-7-8-23-42(41)45-25-10-13-29-50(45)55(51-30-17-27-47-46-26-11-14-31-52(46)56-53(47)51)38-32-33-44-43-24-9-12-28-48(43)54(49(44)36-38)34-15-2-16-35-54/h1,3-14,17-33,36H,2,15-16,34-35H2. The molecule has 56 heavy (non-hydrogen) atoms. The van der Waals surface area contributed by atoms with E-state index in [1.165, 1.54) is 125 Å². The Bertz CT molecular complexity index is 2910. The highest BCUT2D eigenvalue weighted by Gasteiger charge is 2.44. The monoisotopic (exact) mass is 735 g/mol. The van der Waals surface area contributed by atoms with Crippen LogP contribution in [0.2, 0.25) is 0 Å². The molecule has 1 heterocycles. The summed E-state index contributed by atoms with van der Waals surface area (Å²) in [6.07, 6.45) is 6.27. The van der Waals surface area contributed by atoms with Gasteiger partial charge in [-0.1, -0.05) is 177 Å². The summed E-state index contributed by atoms with van der Waals surface area (Å²) in [5.41, 5.74) is 16.9. The van der Waals surface area contributed by atoms with Gasteiger partial charge in [-0.05, 0) is 93.2 Å². The van der Waals surface area contributed by atoms with Gasteiger partial charge in [-0.15, -0.1) is 11.3 Å². The lowest BCUT2D eigenvalue weighted by atomic mass is 9.68. The molecule has 8 aromatic carbocycles. The maximum atomic E-state index is 2.58. The van der Waals surface area contributed by atoms with Gasteiger partial charge >= 0.3 is 0 Å². The number of para-hydroxylation sites is 1. The Hall–Kier alpha value is -6.22. The Labute approximate surface area is 333 Å². The Morgan fingerprint density at radius 3 is 1.77 bits per heavy atom. The summed E-state index contributed by atoms with van der Waals surface area (Å²) in [7, 11) is 0. The molecule has 0 unspecified atom stereocenters. The molecule has 0 radical (unpaired) electrons. The molecule has 2 heteroatoms. The Kier molecular flexibility index (Phi) is 8.00. The van der Waals surface area contributed by atoms with E-state index < -0.39 is 0 Å². The number of nitrogens with zero attached hydrogens (tertiary/aromatic N) is 1. The maximum absolute atomic E-state index is 2.58. The first-order valence-corrected chi connectivity index (χ1v) is 20.9. The van der Waals surface area contributed by atoms with Crippen molar-refractivity contribution in [2.45, 2.75) is 37.5 Å². The fourth-order valence-corrected chi connectivity index (χ4v) is 11.2. The van der Waals surface area contributed by atoms with Crippen molar-refractivity contribution in [3.05, 3.63) is 199 Å². The van der Waals surface area contributed by atoms with E-state index in [1.807, 2.05) is 11.3 Å². The minimum Gasteiger partial charge on any atom is -0.308 e. The summed E-state index contributed by atoms with van der Waals surface area (Å²) >= 11 is 1.90. The second-order valence-electron chi connectivity index (χ2n) is 15.5. The molecule has 0 atom stereocenters. The minimum atomic E-state index is 0.0583. The fraction of sp³-hybridized carbons (Fsp3) is 0.111. The van der Waals surface area contributed by atoms with Crippen LogP contribution in [-0.4, -0.2) is 0 Å². The highest BCUT2D eigenvalue weighted by atomic mass is 32.1. The molecule has 1 fully saturated rings. The Balaban J connectivity index is 1.17. The second-order valence-corrected chi connectivity index (χ2v) is 16.5. The lowest BCUT2D eigenvalue weighted by molar-refractivity contribution is 0.353. The van der Waals surface area contributed by atoms with Crippen LogP contribution in [0.25, 0.3) is 64.7 Å². The first-order valence-electron chi connectivity index (χ1n) is 20.1. The van der Waals surface area contributed by atoms with E-state index in [-0.39, 0.29) is 5.41 Å². The maximum Gasteiger partial charge on any atom is 0.0640 e. The SMILES string of the molecule is c1ccc(-c2ccccc2-c2ccccc2-c2ccccc2N(c2ccc3c(c2)C2(CCCCC2)c2ccccc2-3)c2cccc3c2sc2ccccc23)cc1. The molecule has 0 saturated heterocycles. The third-order valence-electron chi connectivity index (χ3n) is 12.5. The van der Waals surface area contributed by atoms with Crippen LogP contribution in [0, 0.1) is 0 Å². The van der Waals surface area contributed by atoms with E-state index in [0.29, 0.717) is 0 Å². The smallest absolute Gasteiger partial charge is 0.0640 e. The molecule has 2 aliphatic carbocycles. The Morgan fingerprint density at radius 2 is 0.964 bits per heavy atom. The van der Waals surface area contributed by atoms with Gasteiger partial charge in [0.05, 0.1) is 16.1 Å². The van der Waals surface area contributed by atoms with Crippen molar-refractivity contribution in [1.82, 2.24) is 0 Å². The Morgan fingerprint density at radius 1 is 0.393 bits per heavy atom. The van der Waals surface area contributed by atoms with Crippen molar-refractivity contribution in [3.8, 4) is 44.5 Å². The van der Waals surface area contributed by atoms with Crippen LogP contribution in [-0.2, 0) is 5.41 Å². The summed E-state index contributed by atoms with van der Waals surface area (Å²) < 4.78 is 2.62. The number of thiophene rings is 1. The van der Waals surface area contributed by atoms with Gasteiger partial charge in [-0.3, -0.25) is 0 Å². The van der Waals surface area contributed by atoms with Crippen LogP contribution < -0.4 is 4.90 Å². The van der Waals surface area contributed by atoms with Gasteiger partial charge in [-0.2, -0.15) is 0 Å². The minimum absolute atomic E-state index is 0.0583. The van der Waals surface area contributed by atoms with E-state index in [0.717, 1.165) is 0 Å². The normalized spacial score (nSPS) is 14.2. The van der Waals surface area contributed by atoms with Crippen LogP contribution in [0.3, 0.4) is 0 Å². The van der Waals surface area contributed by atoms with E-state index in [4.69, 9.17) is 0 Å². The number of fused-ring (bicyclic) bond motifs is 8. The van der Waals surface area contributed by atoms with Crippen LogP contribution in [0.5, 0.6) is 0 Å². The molecule has 268 valence electrons. The average molecular weight is 736 g/mol. The van der Waals surface area contributed by atoms with Crippen molar-refractivity contribution in [2.75, 3.05) is 4.90 Å². The molecule has 9 aromatic rings. The summed E-state index contributed by atoms with van der Waals surface area (Å²) in [5, 5.41) is 2.62. The number of benzene rings is 8. The molecular weight excluding hydrogens is 695 g/mol. The third kappa shape index (κ3) is 5.20. The van der Waals surface area contributed by atoms with Gasteiger partial charge in [0.1, 0.15) is 0 Å². The third-order valence-corrected chi connectivity index (χ3v) is 13.7. The van der Waals surface area contributed by atoms with Crippen LogP contribution in [0.15, 0.2) is 188 Å². The predicted molar refractivity (Wildman–Crippen MR) is 240 cm³/mol. The van der Waals surface area contributed by atoms with Gasteiger partial charge in [0.15, 0.2) is 0 Å². The summed E-state index contributed by atoms with van der Waals surface area (Å²) in [4.78, 5) is 2.58. The first-order chi connectivity index (χ1) is 27.8. The van der Waals surface area contributed by atoms with E-state index in [2.05, 4.69) is 193 Å². The zero-order valence-corrected chi connectivity index (χ0v) is 32.1. The largest absolute Gasteiger partial charge is 0.308 e. The molecule has 0 amide bonds. The lowest BCUT2D eigenvalue weighted by Crippen LogP contribution is -2.28. The van der Waals surface area contributed by atoms with E-state index in [9.17, 15) is 0 Å². The molecular formula is C54H41NS. The van der Waals surface area contributed by atoms with Crippen molar-refractivity contribution in [3.63, 3.8) is 0 Å². The number of hydrogen-bond acceptors (Lipinski definition) is 2. The van der Waals surface area contributed by atoms with Gasteiger partial charge in [-0.25, -0.2) is 0 Å². The zero-order chi connectivity index (χ0) is 37.1. The number of rotatable bonds is 6. The van der Waals surface area contributed by atoms with E-state index >= 15 is 0 Å². The van der Waals surface area contributed by atoms with Crippen molar-refractivity contribution < 1.29 is 0 Å². The highest BCUT2D eigenvalue weighted by molar-refractivity contribution is 7.26. The van der Waals surface area contributed by atoms with Crippen LogP contribution in [0.4, 0.5) is 17.1 Å². The summed E-state index contributed by atoms with van der Waals surface area (Å²) in [5.74, 6) is 0. The molecule has 0 N–H and O–H groups in total. The summed E-state index contributed by atoms with van der Waals surface area (Å²) in [6.45, 7) is 0. The first kappa shape index (κ1) is 33.1. The quantitative estimate of drug-likeness (QED) is 0.164. The van der Waals surface area contributed by atoms with Crippen LogP contribution in [0.1, 0.15) is 43.2 Å². The predicted octanol–water partition coefficient (Wildman–Crippen LogP) is 15.8. The van der Waals surface area contributed by atoms with E-state index in [1.54, 1.807) is 0 Å². The van der Waals surface area contributed by atoms with Crippen molar-refractivity contribution in [1.29, 1.82) is 0 Å². The zero-order valence-electron chi connectivity index (χ0n) is 31.3. The summed E-state index contributed by atoms with van der Waals surface area (Å²) in [6, 6.07) is 70.1. The molecule has 1 saturated carbocycles.